The Labute approximate surface area is 387 Å². The van der Waals surface area contributed by atoms with E-state index in [9.17, 15) is 0 Å². The molecule has 67 heavy (non-hydrogen) atoms. The molecule has 0 fully saturated rings. The van der Waals surface area contributed by atoms with Crippen molar-refractivity contribution in [2.24, 2.45) is 0 Å². The van der Waals surface area contributed by atoms with Crippen LogP contribution in [0.25, 0.3) is 133 Å². The van der Waals surface area contributed by atoms with Crippen molar-refractivity contribution in [3.8, 4) is 78.6 Å². The van der Waals surface area contributed by atoms with Gasteiger partial charge < -0.3 is 4.42 Å². The SMILES string of the molecule is c1ccc(-c2nc(-c3ccc(-c4ccc5cc(-c6c7ccccc7c(-c7ccccc7)c7ccc8ccccc8c67)ccc5c4)cc3)cc(-c3cccc(-c4cc5ccccc5o4)c3)n2)cc1. The van der Waals surface area contributed by atoms with Crippen molar-refractivity contribution < 1.29 is 4.42 Å². The lowest BCUT2D eigenvalue weighted by Crippen LogP contribution is -1.96. The zero-order chi connectivity index (χ0) is 44.3. The minimum Gasteiger partial charge on any atom is -0.456 e. The zero-order valence-electron chi connectivity index (χ0n) is 36.4. The number of nitrogens with zero attached hydrogens (tertiary/aromatic N) is 2. The van der Waals surface area contributed by atoms with Crippen LogP contribution < -0.4 is 0 Å². The van der Waals surface area contributed by atoms with E-state index in [0.717, 1.165) is 61.5 Å². The molecule has 3 heteroatoms. The lowest BCUT2D eigenvalue weighted by Gasteiger charge is -2.19. The number of rotatable bonds is 7. The van der Waals surface area contributed by atoms with E-state index < -0.39 is 0 Å². The Bertz CT molecular complexity index is 3990. The van der Waals surface area contributed by atoms with Gasteiger partial charge in [0.15, 0.2) is 5.82 Å². The maximum Gasteiger partial charge on any atom is 0.160 e. The third-order valence-corrected chi connectivity index (χ3v) is 13.2. The van der Waals surface area contributed by atoms with Crippen molar-refractivity contribution in [1.82, 2.24) is 9.97 Å². The van der Waals surface area contributed by atoms with Crippen LogP contribution in [-0.4, -0.2) is 9.97 Å². The topological polar surface area (TPSA) is 38.9 Å². The third kappa shape index (κ3) is 6.84. The van der Waals surface area contributed by atoms with E-state index in [0.29, 0.717) is 5.82 Å². The Morgan fingerprint density at radius 3 is 1.58 bits per heavy atom. The molecule has 0 N–H and O–H groups in total. The van der Waals surface area contributed by atoms with Gasteiger partial charge in [-0.1, -0.05) is 206 Å². The zero-order valence-corrected chi connectivity index (χ0v) is 36.4. The molecule has 2 aromatic heterocycles. The van der Waals surface area contributed by atoms with E-state index in [2.05, 4.69) is 206 Å². The second kappa shape index (κ2) is 16.0. The second-order valence-electron chi connectivity index (χ2n) is 17.3. The molecule has 0 aliphatic heterocycles. The van der Waals surface area contributed by atoms with Gasteiger partial charge in [-0.15, -0.1) is 0 Å². The average molecular weight is 853 g/mol. The minimum absolute atomic E-state index is 0.682. The fourth-order valence-corrected chi connectivity index (χ4v) is 9.99. The largest absolute Gasteiger partial charge is 0.456 e. The maximum absolute atomic E-state index is 6.25. The Morgan fingerprint density at radius 1 is 0.269 bits per heavy atom. The third-order valence-electron chi connectivity index (χ3n) is 13.2. The molecule has 312 valence electrons. The summed E-state index contributed by atoms with van der Waals surface area (Å²) in [7, 11) is 0. The van der Waals surface area contributed by atoms with E-state index >= 15 is 0 Å². The highest BCUT2D eigenvalue weighted by molar-refractivity contribution is 6.28. The van der Waals surface area contributed by atoms with Crippen molar-refractivity contribution >= 4 is 54.1 Å². The van der Waals surface area contributed by atoms with Crippen molar-refractivity contribution in [3.05, 3.63) is 243 Å². The van der Waals surface area contributed by atoms with Crippen LogP contribution in [0.1, 0.15) is 0 Å². The Hall–Kier alpha value is -8.92. The molecule has 0 radical (unpaired) electrons. The molecule has 0 saturated carbocycles. The van der Waals surface area contributed by atoms with Gasteiger partial charge in [0.25, 0.3) is 0 Å². The first-order valence-corrected chi connectivity index (χ1v) is 22.8. The van der Waals surface area contributed by atoms with Crippen molar-refractivity contribution in [2.75, 3.05) is 0 Å². The summed E-state index contributed by atoms with van der Waals surface area (Å²) in [4.78, 5) is 10.2. The van der Waals surface area contributed by atoms with Crippen LogP contribution in [0.4, 0.5) is 0 Å². The molecule has 0 saturated heterocycles. The van der Waals surface area contributed by atoms with Gasteiger partial charge in [0.05, 0.1) is 11.4 Å². The Balaban J connectivity index is 0.873. The van der Waals surface area contributed by atoms with E-state index in [4.69, 9.17) is 14.4 Å². The average Bonchev–Trinajstić information content (AvgIpc) is 3.85. The van der Waals surface area contributed by atoms with Crippen LogP contribution in [0.3, 0.4) is 0 Å². The second-order valence-corrected chi connectivity index (χ2v) is 17.3. The predicted molar refractivity (Wildman–Crippen MR) is 280 cm³/mol. The Morgan fingerprint density at radius 2 is 0.821 bits per heavy atom. The van der Waals surface area contributed by atoms with Gasteiger partial charge >= 0.3 is 0 Å². The van der Waals surface area contributed by atoms with Gasteiger partial charge in [-0.3, -0.25) is 0 Å². The highest BCUT2D eigenvalue weighted by Crippen LogP contribution is 2.47. The number of furan rings is 1. The molecule has 13 rings (SSSR count). The first-order valence-electron chi connectivity index (χ1n) is 22.8. The van der Waals surface area contributed by atoms with E-state index in [1.807, 2.05) is 36.4 Å². The number of para-hydroxylation sites is 1. The molecule has 13 aromatic rings. The van der Waals surface area contributed by atoms with E-state index in [-0.39, 0.29) is 0 Å². The summed E-state index contributed by atoms with van der Waals surface area (Å²) < 4.78 is 6.25. The van der Waals surface area contributed by atoms with Gasteiger partial charge in [0.1, 0.15) is 11.3 Å². The molecule has 0 spiro atoms. The normalized spacial score (nSPS) is 11.6. The first-order chi connectivity index (χ1) is 33.2. The number of hydrogen-bond donors (Lipinski definition) is 0. The van der Waals surface area contributed by atoms with Crippen molar-refractivity contribution in [1.29, 1.82) is 0 Å². The van der Waals surface area contributed by atoms with Crippen LogP contribution in [-0.2, 0) is 0 Å². The highest BCUT2D eigenvalue weighted by Gasteiger charge is 2.19. The van der Waals surface area contributed by atoms with Gasteiger partial charge in [-0.05, 0) is 113 Å². The molecule has 0 atom stereocenters. The first kappa shape index (κ1) is 38.5. The molecule has 3 nitrogen and oxygen atoms in total. The van der Waals surface area contributed by atoms with Crippen LogP contribution in [0.15, 0.2) is 247 Å². The molecule has 0 bridgehead atoms. The lowest BCUT2D eigenvalue weighted by atomic mass is 9.83. The molecule has 2 heterocycles. The fourth-order valence-electron chi connectivity index (χ4n) is 9.99. The summed E-state index contributed by atoms with van der Waals surface area (Å²) in [5.74, 6) is 1.51. The molecule has 0 aliphatic rings. The summed E-state index contributed by atoms with van der Waals surface area (Å²) in [5, 5.41) is 11.0. The number of hydrogen-bond acceptors (Lipinski definition) is 3. The van der Waals surface area contributed by atoms with Gasteiger partial charge in [0, 0.05) is 27.6 Å². The minimum atomic E-state index is 0.682. The smallest absolute Gasteiger partial charge is 0.160 e. The number of benzene rings is 11. The molecule has 0 unspecified atom stereocenters. The summed E-state index contributed by atoms with van der Waals surface area (Å²) in [5.41, 5.74) is 13.9. The highest BCUT2D eigenvalue weighted by atomic mass is 16.3. The van der Waals surface area contributed by atoms with Crippen molar-refractivity contribution in [2.45, 2.75) is 0 Å². The van der Waals surface area contributed by atoms with Crippen LogP contribution in [0.2, 0.25) is 0 Å². The fraction of sp³-hybridized carbons (Fsp3) is 0. The molecular formula is C64H40N2O. The molecule has 11 aromatic carbocycles. The molecular weight excluding hydrogens is 813 g/mol. The number of aromatic nitrogens is 2. The monoisotopic (exact) mass is 852 g/mol. The lowest BCUT2D eigenvalue weighted by molar-refractivity contribution is 0.631. The summed E-state index contributed by atoms with van der Waals surface area (Å²) in [6, 6.07) is 86.6. The van der Waals surface area contributed by atoms with Crippen LogP contribution in [0, 0.1) is 0 Å². The Kier molecular flexibility index (Phi) is 9.17. The van der Waals surface area contributed by atoms with Gasteiger partial charge in [-0.2, -0.15) is 0 Å². The molecule has 0 amide bonds. The van der Waals surface area contributed by atoms with Gasteiger partial charge in [-0.25, -0.2) is 9.97 Å². The summed E-state index contributed by atoms with van der Waals surface area (Å²) >= 11 is 0. The van der Waals surface area contributed by atoms with Crippen molar-refractivity contribution in [3.63, 3.8) is 0 Å². The number of fused-ring (bicyclic) bond motifs is 6. The maximum atomic E-state index is 6.25. The quantitative estimate of drug-likeness (QED) is 0.118. The molecule has 0 aliphatic carbocycles. The van der Waals surface area contributed by atoms with Crippen LogP contribution in [0.5, 0.6) is 0 Å². The summed E-state index contributed by atoms with van der Waals surface area (Å²) in [6.45, 7) is 0. The van der Waals surface area contributed by atoms with E-state index in [1.165, 1.54) is 65.3 Å². The van der Waals surface area contributed by atoms with Gasteiger partial charge in [0.2, 0.25) is 0 Å². The van der Waals surface area contributed by atoms with E-state index in [1.54, 1.807) is 0 Å². The van der Waals surface area contributed by atoms with Crippen LogP contribution >= 0.6 is 0 Å². The predicted octanol–water partition coefficient (Wildman–Crippen LogP) is 17.5. The standard InChI is InChI=1S/C64H40N2O/c1-3-15-44(16-4-1)61-54-23-10-11-24-55(54)62(63-53-22-9-7-14-42(53)34-35-56(61)63)52-33-32-47-36-46(30-31-48(47)37-52)41-26-28-43(29-27-41)57-40-58(66-64(65-57)45-17-5-2-6-18-45)49-20-13-21-50(38-49)60-39-51-19-8-12-25-59(51)67-60/h1-40H. The summed E-state index contributed by atoms with van der Waals surface area (Å²) in [6.07, 6.45) is 0.